The number of fused-ring (bicyclic) bond motifs is 3. The van der Waals surface area contributed by atoms with Crippen molar-refractivity contribution in [1.82, 2.24) is 15.5 Å². The summed E-state index contributed by atoms with van der Waals surface area (Å²) < 4.78 is 10.7. The van der Waals surface area contributed by atoms with Crippen molar-refractivity contribution in [1.29, 1.82) is 0 Å². The number of nitrogens with one attached hydrogen (secondary N) is 2. The van der Waals surface area contributed by atoms with Crippen molar-refractivity contribution >= 4 is 46.2 Å². The third-order valence-electron chi connectivity index (χ3n) is 6.79. The van der Waals surface area contributed by atoms with Crippen LogP contribution in [0.3, 0.4) is 0 Å². The molecule has 41 heavy (non-hydrogen) atoms. The van der Waals surface area contributed by atoms with Crippen molar-refractivity contribution in [2.75, 3.05) is 7.11 Å². The number of thioether (sulfide) groups is 1. The van der Waals surface area contributed by atoms with Crippen molar-refractivity contribution in [2.24, 2.45) is 9.98 Å². The van der Waals surface area contributed by atoms with Gasteiger partial charge in [0, 0.05) is 24.1 Å². The molecule has 2 aromatic carbocycles. The van der Waals surface area contributed by atoms with Gasteiger partial charge in [-0.15, -0.1) is 0 Å². The van der Waals surface area contributed by atoms with Gasteiger partial charge in [-0.2, -0.15) is 0 Å². The van der Waals surface area contributed by atoms with E-state index in [0.717, 1.165) is 11.1 Å². The van der Waals surface area contributed by atoms with Crippen LogP contribution >= 0.6 is 11.8 Å². The molecular weight excluding hydrogens is 542 g/mol. The largest absolute Gasteiger partial charge is 0.496 e. The van der Waals surface area contributed by atoms with Crippen LogP contribution in [0.5, 0.6) is 5.75 Å². The first kappa shape index (κ1) is 28.2. The number of hydrogen-bond acceptors (Lipinski definition) is 8. The zero-order valence-corrected chi connectivity index (χ0v) is 23.6. The Hall–Kier alpha value is -4.38. The molecule has 11 heteroatoms. The third-order valence-corrected chi connectivity index (χ3v) is 8.11. The summed E-state index contributed by atoms with van der Waals surface area (Å²) in [7, 11) is 1.59. The first-order valence-electron chi connectivity index (χ1n) is 13.4. The molecule has 0 aliphatic carbocycles. The van der Waals surface area contributed by atoms with Crippen molar-refractivity contribution < 1.29 is 23.5 Å². The molecular formula is C30H31N5O5S. The zero-order valence-electron chi connectivity index (χ0n) is 22.8. The number of rotatable bonds is 11. The molecule has 0 radical (unpaired) electrons. The first-order valence-corrected chi connectivity index (χ1v) is 14.3. The molecule has 10 nitrogen and oxygen atoms in total. The maximum Gasteiger partial charge on any atom is 0.259 e. The van der Waals surface area contributed by atoms with Crippen LogP contribution in [0.15, 0.2) is 81.3 Å². The van der Waals surface area contributed by atoms with Gasteiger partial charge in [-0.1, -0.05) is 49.0 Å². The van der Waals surface area contributed by atoms with E-state index in [1.165, 1.54) is 16.7 Å². The minimum Gasteiger partial charge on any atom is -0.496 e. The van der Waals surface area contributed by atoms with Crippen molar-refractivity contribution in [3.8, 4) is 5.75 Å². The number of amides is 3. The first-order chi connectivity index (χ1) is 20.0. The Labute approximate surface area is 242 Å². The van der Waals surface area contributed by atoms with Gasteiger partial charge < -0.3 is 19.8 Å². The quantitative estimate of drug-likeness (QED) is 0.355. The van der Waals surface area contributed by atoms with Crippen LogP contribution in [-0.2, 0) is 27.5 Å². The standard InChI is InChI=1S/C30H31N5O5S/c1-3-25(28(37)32-18-20-10-8-16-40-20)41-30-34-22-12-6-5-11-21(22)27-33-23(29(38)35(27)30)14-15-26(36)31-17-19-9-4-7-13-24(19)39-2/h4-13,16,23,25H,3,14-15,17-18H2,1-2H3,(H,31,36)(H,32,37)/t23-,25-/m1/s1. The van der Waals surface area contributed by atoms with Gasteiger partial charge >= 0.3 is 0 Å². The number of aliphatic imine (C=N–C) groups is 2. The molecule has 0 fully saturated rings. The summed E-state index contributed by atoms with van der Waals surface area (Å²) >= 11 is 1.23. The van der Waals surface area contributed by atoms with Gasteiger partial charge in [0.1, 0.15) is 23.4 Å². The molecule has 1 aromatic heterocycles. The van der Waals surface area contributed by atoms with Gasteiger partial charge in [0.25, 0.3) is 5.91 Å². The van der Waals surface area contributed by atoms with Crippen molar-refractivity contribution in [2.45, 2.75) is 50.6 Å². The summed E-state index contributed by atoms with van der Waals surface area (Å²) in [6.45, 7) is 2.51. The lowest BCUT2D eigenvalue weighted by Gasteiger charge is -2.27. The smallest absolute Gasteiger partial charge is 0.259 e. The minimum atomic E-state index is -0.730. The molecule has 3 amide bonds. The van der Waals surface area contributed by atoms with Crippen LogP contribution in [0, 0.1) is 0 Å². The molecule has 212 valence electrons. The summed E-state index contributed by atoms with van der Waals surface area (Å²) in [6.07, 6.45) is 2.46. The summed E-state index contributed by atoms with van der Waals surface area (Å²) in [4.78, 5) is 50.2. The van der Waals surface area contributed by atoms with E-state index in [2.05, 4.69) is 10.6 Å². The van der Waals surface area contributed by atoms with Gasteiger partial charge in [-0.05, 0) is 43.2 Å². The number of carbonyl (C=O) groups is 3. The average molecular weight is 574 g/mol. The van der Waals surface area contributed by atoms with Gasteiger partial charge in [-0.3, -0.25) is 19.4 Å². The summed E-state index contributed by atoms with van der Waals surface area (Å²) in [5, 5.41) is 5.71. The van der Waals surface area contributed by atoms with E-state index in [-0.39, 0.29) is 37.1 Å². The molecule has 2 aliphatic rings. The van der Waals surface area contributed by atoms with Crippen LogP contribution < -0.4 is 15.4 Å². The fraction of sp³-hybridized carbons (Fsp3) is 0.300. The lowest BCUT2D eigenvalue weighted by atomic mass is 10.1. The van der Waals surface area contributed by atoms with E-state index in [1.54, 1.807) is 25.5 Å². The molecule has 0 saturated carbocycles. The fourth-order valence-corrected chi connectivity index (χ4v) is 5.66. The Bertz CT molecular complexity index is 1490. The van der Waals surface area contributed by atoms with E-state index in [4.69, 9.17) is 19.1 Å². The van der Waals surface area contributed by atoms with Crippen LogP contribution in [0.1, 0.15) is 43.1 Å². The second-order valence-corrected chi connectivity index (χ2v) is 10.7. The Balaban J connectivity index is 1.26. The Morgan fingerprint density at radius 3 is 2.66 bits per heavy atom. The maximum absolute atomic E-state index is 13.6. The Morgan fingerprint density at radius 2 is 1.88 bits per heavy atom. The summed E-state index contributed by atoms with van der Waals surface area (Å²) in [5.74, 6) is 1.23. The van der Waals surface area contributed by atoms with Crippen LogP contribution in [-0.4, -0.2) is 52.0 Å². The second-order valence-electron chi connectivity index (χ2n) is 9.49. The molecule has 5 rings (SSSR count). The van der Waals surface area contributed by atoms with E-state index in [0.29, 0.717) is 41.2 Å². The molecule has 2 atom stereocenters. The molecule has 0 unspecified atom stereocenters. The molecule has 0 bridgehead atoms. The van der Waals surface area contributed by atoms with E-state index < -0.39 is 11.3 Å². The van der Waals surface area contributed by atoms with Gasteiger partial charge in [0.15, 0.2) is 5.17 Å². The van der Waals surface area contributed by atoms with E-state index in [1.807, 2.05) is 55.5 Å². The molecule has 3 aromatic rings. The van der Waals surface area contributed by atoms with E-state index >= 15 is 0 Å². The number of amidine groups is 2. The molecule has 0 spiro atoms. The predicted molar refractivity (Wildman–Crippen MR) is 157 cm³/mol. The molecule has 2 aliphatic heterocycles. The number of benzene rings is 2. The van der Waals surface area contributed by atoms with Crippen molar-refractivity contribution in [3.05, 3.63) is 83.8 Å². The number of furan rings is 1. The number of para-hydroxylation sites is 2. The topological polar surface area (TPSA) is 126 Å². The van der Waals surface area contributed by atoms with E-state index in [9.17, 15) is 14.4 Å². The summed E-state index contributed by atoms with van der Waals surface area (Å²) in [6, 6.07) is 17.8. The highest BCUT2D eigenvalue weighted by Crippen LogP contribution is 2.36. The number of carbonyl (C=O) groups excluding carboxylic acids is 3. The molecule has 3 heterocycles. The highest BCUT2D eigenvalue weighted by atomic mass is 32.2. The van der Waals surface area contributed by atoms with Crippen LogP contribution in [0.4, 0.5) is 5.69 Å². The van der Waals surface area contributed by atoms with Gasteiger partial charge in [0.05, 0.1) is 30.9 Å². The Kier molecular flexibility index (Phi) is 8.83. The Morgan fingerprint density at radius 1 is 1.07 bits per heavy atom. The zero-order chi connectivity index (χ0) is 28.8. The molecule has 0 saturated heterocycles. The lowest BCUT2D eigenvalue weighted by molar-refractivity contribution is -0.125. The maximum atomic E-state index is 13.6. The number of methoxy groups -OCH3 is 1. The highest BCUT2D eigenvalue weighted by molar-refractivity contribution is 8.15. The number of nitrogens with zero attached hydrogens (tertiary/aromatic N) is 3. The average Bonchev–Trinajstić information content (AvgIpc) is 3.64. The second kappa shape index (κ2) is 12.9. The third kappa shape index (κ3) is 6.35. The predicted octanol–water partition coefficient (Wildman–Crippen LogP) is 4.17. The number of ether oxygens (including phenoxy) is 1. The van der Waals surface area contributed by atoms with Crippen LogP contribution in [0.25, 0.3) is 0 Å². The fourth-order valence-electron chi connectivity index (χ4n) is 4.62. The monoisotopic (exact) mass is 573 g/mol. The van der Waals surface area contributed by atoms with Gasteiger partial charge in [-0.25, -0.2) is 9.89 Å². The number of hydrogen-bond donors (Lipinski definition) is 2. The van der Waals surface area contributed by atoms with Gasteiger partial charge in [0.2, 0.25) is 11.8 Å². The molecule has 2 N–H and O–H groups in total. The lowest BCUT2D eigenvalue weighted by Crippen LogP contribution is -2.43. The summed E-state index contributed by atoms with van der Waals surface area (Å²) in [5.41, 5.74) is 2.29. The van der Waals surface area contributed by atoms with Crippen LogP contribution in [0.2, 0.25) is 0 Å². The minimum absolute atomic E-state index is 0.129. The SMILES string of the molecule is CC[C@@H](SC1=Nc2ccccc2C2=N[C@H](CCC(=O)NCc3ccccc3OC)C(=O)N12)C(=O)NCc1ccco1. The van der Waals surface area contributed by atoms with Crippen molar-refractivity contribution in [3.63, 3.8) is 0 Å². The highest BCUT2D eigenvalue weighted by Gasteiger charge is 2.42. The normalized spacial score (nSPS) is 16.3.